The highest BCUT2D eigenvalue weighted by Gasteiger charge is 1.97. The van der Waals surface area contributed by atoms with E-state index in [4.69, 9.17) is 16.3 Å². The van der Waals surface area contributed by atoms with Crippen molar-refractivity contribution in [3.8, 4) is 5.75 Å². The number of halogens is 1. The zero-order valence-electron chi connectivity index (χ0n) is 10.0. The molecule has 0 saturated heterocycles. The molecule has 0 heterocycles. The van der Waals surface area contributed by atoms with Gasteiger partial charge < -0.3 is 4.74 Å². The van der Waals surface area contributed by atoms with Crippen LogP contribution in [0.3, 0.4) is 0 Å². The molecule has 2 heteroatoms. The van der Waals surface area contributed by atoms with Crippen LogP contribution in [0.4, 0.5) is 0 Å². The van der Waals surface area contributed by atoms with E-state index < -0.39 is 0 Å². The average Bonchev–Trinajstić information content (AvgIpc) is 2.27. The second kappa shape index (κ2) is 10.4. The third-order valence-corrected chi connectivity index (χ3v) is 1.62. The number of benzene rings is 1. The molecule has 82 valence electrons. The second-order valence-corrected chi connectivity index (χ2v) is 2.55. The van der Waals surface area contributed by atoms with E-state index in [1.807, 2.05) is 52.8 Å². The number of methoxy groups -OCH3 is 1. The van der Waals surface area contributed by atoms with E-state index >= 15 is 0 Å². The highest BCUT2D eigenvalue weighted by Crippen LogP contribution is 2.24. The molecule has 0 bridgehead atoms. The first-order valence-corrected chi connectivity index (χ1v) is 5.42. The lowest BCUT2D eigenvalue weighted by Gasteiger charge is -2.01. The van der Waals surface area contributed by atoms with Crippen LogP contribution in [-0.4, -0.2) is 7.11 Å². The van der Waals surface area contributed by atoms with Gasteiger partial charge in [-0.2, -0.15) is 0 Å². The van der Waals surface area contributed by atoms with Crippen molar-refractivity contribution in [3.63, 3.8) is 0 Å². The first-order chi connectivity index (χ1) is 6.74. The summed E-state index contributed by atoms with van der Waals surface area (Å²) in [4.78, 5) is 0. The number of ether oxygens (including phenoxy) is 1. The number of hydrogen-bond donors (Lipinski definition) is 0. The molecule has 0 aliphatic heterocycles. The van der Waals surface area contributed by atoms with Gasteiger partial charge in [0.2, 0.25) is 0 Å². The molecular weight excluding hydrogens is 196 g/mol. The van der Waals surface area contributed by atoms with Gasteiger partial charge in [-0.15, -0.1) is 0 Å². The summed E-state index contributed by atoms with van der Waals surface area (Å²) in [7, 11) is 1.61. The molecule has 0 amide bonds. The van der Waals surface area contributed by atoms with E-state index in [2.05, 4.69) is 0 Å². The SMILES string of the molecule is CC.CC.COc1cc(C)ccc1Cl. The minimum Gasteiger partial charge on any atom is -0.495 e. The summed E-state index contributed by atoms with van der Waals surface area (Å²) in [5.41, 5.74) is 1.15. The van der Waals surface area contributed by atoms with Crippen LogP contribution in [0.2, 0.25) is 5.02 Å². The Bertz CT molecular complexity index is 234. The quantitative estimate of drug-likeness (QED) is 0.661. The Hall–Kier alpha value is -0.690. The van der Waals surface area contributed by atoms with Crippen molar-refractivity contribution in [1.82, 2.24) is 0 Å². The second-order valence-electron chi connectivity index (χ2n) is 2.14. The number of hydrogen-bond acceptors (Lipinski definition) is 1. The maximum absolute atomic E-state index is 5.77. The van der Waals surface area contributed by atoms with E-state index in [1.165, 1.54) is 0 Å². The summed E-state index contributed by atoms with van der Waals surface area (Å²) in [6.07, 6.45) is 0. The van der Waals surface area contributed by atoms with Gasteiger partial charge in [-0.05, 0) is 24.6 Å². The highest BCUT2D eigenvalue weighted by molar-refractivity contribution is 6.32. The average molecular weight is 217 g/mol. The van der Waals surface area contributed by atoms with E-state index in [0.29, 0.717) is 5.02 Å². The van der Waals surface area contributed by atoms with Gasteiger partial charge in [0.1, 0.15) is 5.75 Å². The van der Waals surface area contributed by atoms with E-state index in [0.717, 1.165) is 11.3 Å². The summed E-state index contributed by atoms with van der Waals surface area (Å²) < 4.78 is 4.99. The van der Waals surface area contributed by atoms with Crippen molar-refractivity contribution >= 4 is 11.6 Å². The maximum atomic E-state index is 5.77. The van der Waals surface area contributed by atoms with Crippen molar-refractivity contribution in [1.29, 1.82) is 0 Å². The Morgan fingerprint density at radius 3 is 1.93 bits per heavy atom. The van der Waals surface area contributed by atoms with Crippen molar-refractivity contribution < 1.29 is 4.74 Å². The lowest BCUT2D eigenvalue weighted by atomic mass is 10.2. The first kappa shape index (κ1) is 15.8. The van der Waals surface area contributed by atoms with Crippen molar-refractivity contribution in [2.75, 3.05) is 7.11 Å². The normalized spacial score (nSPS) is 7.64. The molecule has 0 fully saturated rings. The topological polar surface area (TPSA) is 9.23 Å². The van der Waals surface area contributed by atoms with E-state index in [1.54, 1.807) is 7.11 Å². The molecule has 1 aromatic rings. The van der Waals surface area contributed by atoms with Gasteiger partial charge in [0, 0.05) is 0 Å². The molecule has 0 aliphatic carbocycles. The Morgan fingerprint density at radius 1 is 1.07 bits per heavy atom. The molecule has 0 spiro atoms. The standard InChI is InChI=1S/C8H9ClO.2C2H6/c1-6-3-4-7(9)8(5-6)10-2;2*1-2/h3-5H,1-2H3;2*1-2H3. The molecule has 14 heavy (non-hydrogen) atoms. The molecule has 0 unspecified atom stereocenters. The number of aryl methyl sites for hydroxylation is 1. The molecule has 0 saturated carbocycles. The van der Waals surface area contributed by atoms with Gasteiger partial charge in [0.25, 0.3) is 0 Å². The monoisotopic (exact) mass is 216 g/mol. The summed E-state index contributed by atoms with van der Waals surface area (Å²) >= 11 is 5.77. The fourth-order valence-corrected chi connectivity index (χ4v) is 0.962. The summed E-state index contributed by atoms with van der Waals surface area (Å²) in [5, 5.41) is 0.660. The van der Waals surface area contributed by atoms with Crippen LogP contribution in [0, 0.1) is 6.92 Å². The zero-order chi connectivity index (χ0) is 11.6. The van der Waals surface area contributed by atoms with Crippen LogP contribution < -0.4 is 4.74 Å². The lowest BCUT2D eigenvalue weighted by Crippen LogP contribution is -1.83. The van der Waals surface area contributed by atoms with Crippen molar-refractivity contribution in [2.24, 2.45) is 0 Å². The van der Waals surface area contributed by atoms with Crippen LogP contribution in [0.15, 0.2) is 18.2 Å². The highest BCUT2D eigenvalue weighted by atomic mass is 35.5. The Kier molecular flexibility index (Phi) is 11.7. The van der Waals surface area contributed by atoms with Gasteiger partial charge in [-0.1, -0.05) is 45.4 Å². The van der Waals surface area contributed by atoms with E-state index in [-0.39, 0.29) is 0 Å². The fourth-order valence-electron chi connectivity index (χ4n) is 0.767. The minimum absolute atomic E-state index is 0.660. The molecule has 0 N–H and O–H groups in total. The molecule has 0 aromatic heterocycles. The van der Waals surface area contributed by atoms with Crippen LogP contribution in [0.5, 0.6) is 5.75 Å². The van der Waals surface area contributed by atoms with Crippen LogP contribution >= 0.6 is 11.6 Å². The summed E-state index contributed by atoms with van der Waals surface area (Å²) in [6, 6.07) is 5.68. The van der Waals surface area contributed by atoms with Gasteiger partial charge in [0.05, 0.1) is 12.1 Å². The maximum Gasteiger partial charge on any atom is 0.137 e. The van der Waals surface area contributed by atoms with E-state index in [9.17, 15) is 0 Å². The molecule has 1 nitrogen and oxygen atoms in total. The first-order valence-electron chi connectivity index (χ1n) is 5.04. The molecular formula is C12H21ClO. The van der Waals surface area contributed by atoms with Crippen LogP contribution in [0.1, 0.15) is 33.3 Å². The van der Waals surface area contributed by atoms with Crippen LogP contribution in [-0.2, 0) is 0 Å². The lowest BCUT2D eigenvalue weighted by molar-refractivity contribution is 0.414. The van der Waals surface area contributed by atoms with Gasteiger partial charge >= 0.3 is 0 Å². The smallest absolute Gasteiger partial charge is 0.137 e. The predicted octanol–water partition coefficient (Wildman–Crippen LogP) is 4.71. The largest absolute Gasteiger partial charge is 0.495 e. The van der Waals surface area contributed by atoms with Gasteiger partial charge in [-0.3, -0.25) is 0 Å². The third-order valence-electron chi connectivity index (χ3n) is 1.31. The molecule has 0 aliphatic rings. The molecule has 0 radical (unpaired) electrons. The van der Waals surface area contributed by atoms with Gasteiger partial charge in [-0.25, -0.2) is 0 Å². The Balaban J connectivity index is 0. The number of rotatable bonds is 1. The zero-order valence-corrected chi connectivity index (χ0v) is 10.8. The van der Waals surface area contributed by atoms with Gasteiger partial charge in [0.15, 0.2) is 0 Å². The predicted molar refractivity (Wildman–Crippen MR) is 65.4 cm³/mol. The minimum atomic E-state index is 0.660. The molecule has 1 aromatic carbocycles. The third kappa shape index (κ3) is 5.87. The van der Waals surface area contributed by atoms with Crippen molar-refractivity contribution in [3.05, 3.63) is 28.8 Å². The Morgan fingerprint density at radius 2 is 1.57 bits per heavy atom. The van der Waals surface area contributed by atoms with Crippen LogP contribution in [0.25, 0.3) is 0 Å². The Labute approximate surface area is 93.0 Å². The molecule has 0 atom stereocenters. The fraction of sp³-hybridized carbons (Fsp3) is 0.500. The molecule has 1 rings (SSSR count). The van der Waals surface area contributed by atoms with Crippen molar-refractivity contribution in [2.45, 2.75) is 34.6 Å². The summed E-state index contributed by atoms with van der Waals surface area (Å²) in [5.74, 6) is 0.738. The summed E-state index contributed by atoms with van der Waals surface area (Å²) in [6.45, 7) is 10.00.